The number of halogens is 3. The minimum absolute atomic E-state index is 0.0136. The Bertz CT molecular complexity index is 483. The Morgan fingerprint density at radius 1 is 1.45 bits per heavy atom. The molecule has 0 aliphatic rings. The fourth-order valence-corrected chi connectivity index (χ4v) is 1.51. The number of carbonyl (C=O) groups is 1. The van der Waals surface area contributed by atoms with E-state index in [9.17, 15) is 18.0 Å². The highest BCUT2D eigenvalue weighted by Gasteiger charge is 2.17. The number of likely N-dealkylation sites (N-methyl/N-ethyl adjacent to an activating group) is 1. The van der Waals surface area contributed by atoms with Crippen LogP contribution in [0.4, 0.5) is 24.5 Å². The first kappa shape index (κ1) is 15.9. The molecule has 0 aliphatic carbocycles. The molecule has 1 atom stereocenters. The van der Waals surface area contributed by atoms with Gasteiger partial charge in [0.1, 0.15) is 6.04 Å². The van der Waals surface area contributed by atoms with Gasteiger partial charge in [-0.25, -0.2) is 4.39 Å². The second kappa shape index (κ2) is 6.88. The third kappa shape index (κ3) is 4.22. The summed E-state index contributed by atoms with van der Waals surface area (Å²) in [6, 6.07) is 1.18. The lowest BCUT2D eigenvalue weighted by molar-refractivity contribution is -0.121. The van der Waals surface area contributed by atoms with Gasteiger partial charge in [-0.2, -0.15) is 8.78 Å². The Hall–Kier alpha value is -2.12. The lowest BCUT2D eigenvalue weighted by Gasteiger charge is -2.17. The maximum absolute atomic E-state index is 13.4. The van der Waals surface area contributed by atoms with Crippen LogP contribution in [-0.4, -0.2) is 25.1 Å². The van der Waals surface area contributed by atoms with E-state index in [1.807, 2.05) is 0 Å². The van der Waals surface area contributed by atoms with E-state index < -0.39 is 24.2 Å². The third-order valence-electron chi connectivity index (χ3n) is 2.44. The summed E-state index contributed by atoms with van der Waals surface area (Å²) in [5.74, 6) is -1.94. The van der Waals surface area contributed by atoms with Crippen LogP contribution in [0.2, 0.25) is 0 Å². The van der Waals surface area contributed by atoms with Crippen LogP contribution in [0, 0.1) is 5.82 Å². The molecule has 0 bridgehead atoms. The molecule has 4 N–H and O–H groups in total. The number of anilines is 2. The minimum Gasteiger partial charge on any atom is -0.432 e. The van der Waals surface area contributed by atoms with E-state index in [1.54, 1.807) is 13.8 Å². The molecule has 0 heterocycles. The number of alkyl halides is 2. The predicted molar refractivity (Wildman–Crippen MR) is 69.2 cm³/mol. The standard InChI is InChI=1S/C12H16F3N3O2/c1-3-17-11(19)6(2)18-9-5-10(20-12(14)15)7(13)4-8(9)16/h4-6,12,18H,3,16H2,1-2H3,(H,17,19). The van der Waals surface area contributed by atoms with Crippen molar-refractivity contribution in [2.75, 3.05) is 17.6 Å². The number of rotatable bonds is 6. The fraction of sp³-hybridized carbons (Fsp3) is 0.417. The SMILES string of the molecule is CCNC(=O)C(C)Nc1cc(OC(F)F)c(F)cc1N. The van der Waals surface area contributed by atoms with Crippen molar-refractivity contribution >= 4 is 17.3 Å². The number of hydrogen-bond acceptors (Lipinski definition) is 4. The number of nitrogens with one attached hydrogen (secondary N) is 2. The zero-order valence-corrected chi connectivity index (χ0v) is 11.0. The number of nitrogen functional groups attached to an aromatic ring is 1. The molecule has 0 radical (unpaired) electrons. The van der Waals surface area contributed by atoms with Gasteiger partial charge in [0.15, 0.2) is 11.6 Å². The van der Waals surface area contributed by atoms with Crippen LogP contribution in [0.5, 0.6) is 5.75 Å². The zero-order chi connectivity index (χ0) is 15.3. The first-order valence-electron chi connectivity index (χ1n) is 5.93. The average Bonchev–Trinajstić information content (AvgIpc) is 2.34. The number of carbonyl (C=O) groups excluding carboxylic acids is 1. The molecule has 20 heavy (non-hydrogen) atoms. The van der Waals surface area contributed by atoms with Crippen LogP contribution < -0.4 is 21.1 Å². The Morgan fingerprint density at radius 2 is 2.10 bits per heavy atom. The van der Waals surface area contributed by atoms with E-state index in [4.69, 9.17) is 5.73 Å². The van der Waals surface area contributed by atoms with Crippen molar-refractivity contribution in [3.05, 3.63) is 17.9 Å². The number of amides is 1. The lowest BCUT2D eigenvalue weighted by atomic mass is 10.2. The lowest BCUT2D eigenvalue weighted by Crippen LogP contribution is -2.37. The normalized spacial score (nSPS) is 12.1. The Morgan fingerprint density at radius 3 is 2.65 bits per heavy atom. The van der Waals surface area contributed by atoms with Gasteiger partial charge in [0.25, 0.3) is 0 Å². The molecule has 0 fully saturated rings. The number of nitrogens with two attached hydrogens (primary N) is 1. The molecule has 1 rings (SSSR count). The Labute approximate surface area is 114 Å². The smallest absolute Gasteiger partial charge is 0.387 e. The number of hydrogen-bond donors (Lipinski definition) is 3. The topological polar surface area (TPSA) is 76.4 Å². The first-order chi connectivity index (χ1) is 9.35. The van der Waals surface area contributed by atoms with Crippen molar-refractivity contribution in [2.24, 2.45) is 0 Å². The molecule has 1 unspecified atom stereocenters. The fourth-order valence-electron chi connectivity index (χ4n) is 1.51. The summed E-state index contributed by atoms with van der Waals surface area (Å²) in [7, 11) is 0. The summed E-state index contributed by atoms with van der Waals surface area (Å²) in [6.07, 6.45) is 0. The van der Waals surface area contributed by atoms with E-state index in [0.29, 0.717) is 6.54 Å². The highest BCUT2D eigenvalue weighted by atomic mass is 19.3. The van der Waals surface area contributed by atoms with Crippen LogP contribution in [0.3, 0.4) is 0 Å². The second-order valence-corrected chi connectivity index (χ2v) is 4.01. The van der Waals surface area contributed by atoms with Gasteiger partial charge in [0, 0.05) is 18.7 Å². The second-order valence-electron chi connectivity index (χ2n) is 4.01. The van der Waals surface area contributed by atoms with E-state index in [1.165, 1.54) is 0 Å². The number of benzene rings is 1. The first-order valence-corrected chi connectivity index (χ1v) is 5.93. The molecule has 8 heteroatoms. The van der Waals surface area contributed by atoms with Crippen molar-refractivity contribution in [3.63, 3.8) is 0 Å². The van der Waals surface area contributed by atoms with Gasteiger partial charge >= 0.3 is 6.61 Å². The Balaban J connectivity index is 2.91. The monoisotopic (exact) mass is 291 g/mol. The highest BCUT2D eigenvalue weighted by Crippen LogP contribution is 2.29. The van der Waals surface area contributed by atoms with Gasteiger partial charge in [-0.05, 0) is 13.8 Å². The van der Waals surface area contributed by atoms with Crippen molar-refractivity contribution in [2.45, 2.75) is 26.5 Å². The molecule has 0 saturated carbocycles. The van der Waals surface area contributed by atoms with Gasteiger partial charge in [0.05, 0.1) is 11.4 Å². The molecular formula is C12H16F3N3O2. The molecule has 1 aromatic rings. The van der Waals surface area contributed by atoms with Crippen LogP contribution in [0.25, 0.3) is 0 Å². The van der Waals surface area contributed by atoms with Crippen molar-refractivity contribution in [1.29, 1.82) is 0 Å². The third-order valence-corrected chi connectivity index (χ3v) is 2.44. The van der Waals surface area contributed by atoms with Crippen molar-refractivity contribution in [1.82, 2.24) is 5.32 Å². The summed E-state index contributed by atoms with van der Waals surface area (Å²) in [5, 5.41) is 5.28. The van der Waals surface area contributed by atoms with Crippen molar-refractivity contribution < 1.29 is 22.7 Å². The molecule has 0 saturated heterocycles. The molecule has 1 aromatic carbocycles. The quantitative estimate of drug-likeness (QED) is 0.700. The van der Waals surface area contributed by atoms with Crippen LogP contribution >= 0.6 is 0 Å². The van der Waals surface area contributed by atoms with Gasteiger partial charge < -0.3 is 21.1 Å². The van der Waals surface area contributed by atoms with Crippen LogP contribution in [-0.2, 0) is 4.79 Å². The minimum atomic E-state index is -3.15. The summed E-state index contributed by atoms with van der Waals surface area (Å²) < 4.78 is 41.6. The van der Waals surface area contributed by atoms with Gasteiger partial charge in [-0.1, -0.05) is 0 Å². The maximum Gasteiger partial charge on any atom is 0.387 e. The van der Waals surface area contributed by atoms with E-state index in [2.05, 4.69) is 15.4 Å². The van der Waals surface area contributed by atoms with Crippen LogP contribution in [0.15, 0.2) is 12.1 Å². The molecule has 0 aromatic heterocycles. The molecule has 1 amide bonds. The summed E-state index contributed by atoms with van der Waals surface area (Å²) in [4.78, 5) is 11.5. The van der Waals surface area contributed by atoms with Gasteiger partial charge in [0.2, 0.25) is 5.91 Å². The highest BCUT2D eigenvalue weighted by molar-refractivity contribution is 5.85. The van der Waals surface area contributed by atoms with Crippen LogP contribution in [0.1, 0.15) is 13.8 Å². The molecule has 0 spiro atoms. The van der Waals surface area contributed by atoms with E-state index >= 15 is 0 Å². The molecular weight excluding hydrogens is 275 g/mol. The molecule has 0 aliphatic heterocycles. The summed E-state index contributed by atoms with van der Waals surface area (Å²) in [6.45, 7) is 0.609. The Kier molecular flexibility index (Phi) is 5.48. The van der Waals surface area contributed by atoms with Crippen molar-refractivity contribution in [3.8, 4) is 5.75 Å². The largest absolute Gasteiger partial charge is 0.432 e. The summed E-state index contributed by atoms with van der Waals surface area (Å²) in [5.41, 5.74) is 5.69. The summed E-state index contributed by atoms with van der Waals surface area (Å²) >= 11 is 0. The van der Waals surface area contributed by atoms with E-state index in [0.717, 1.165) is 12.1 Å². The predicted octanol–water partition coefficient (Wildman–Crippen LogP) is 1.95. The van der Waals surface area contributed by atoms with Gasteiger partial charge in [-0.15, -0.1) is 0 Å². The van der Waals surface area contributed by atoms with E-state index in [-0.39, 0.29) is 17.3 Å². The molecule has 112 valence electrons. The van der Waals surface area contributed by atoms with Gasteiger partial charge in [-0.3, -0.25) is 4.79 Å². The zero-order valence-electron chi connectivity index (χ0n) is 11.0. The molecule has 5 nitrogen and oxygen atoms in total. The maximum atomic E-state index is 13.4. The number of ether oxygens (including phenoxy) is 1. The average molecular weight is 291 g/mol.